The van der Waals surface area contributed by atoms with Crippen molar-refractivity contribution in [2.45, 2.75) is 6.42 Å². The fourth-order valence-electron chi connectivity index (χ4n) is 3.12. The first-order chi connectivity index (χ1) is 9.97. The van der Waals surface area contributed by atoms with Gasteiger partial charge in [-0.15, -0.1) is 0 Å². The summed E-state index contributed by atoms with van der Waals surface area (Å²) in [7, 11) is 2.12. The lowest BCUT2D eigenvalue weighted by molar-refractivity contribution is -0.157. The molecule has 2 saturated heterocycles. The molecule has 7 heteroatoms. The predicted octanol–water partition coefficient (Wildman–Crippen LogP) is -0.659. The minimum atomic E-state index is -0.994. The third kappa shape index (κ3) is 4.39. The average molecular weight is 299 g/mol. The number of piperidine rings is 1. The Bertz CT molecular complexity index is 382. The van der Waals surface area contributed by atoms with Crippen LogP contribution in [-0.4, -0.2) is 96.3 Å². The molecule has 2 atom stereocenters. The van der Waals surface area contributed by atoms with E-state index in [1.165, 1.54) is 0 Å². The van der Waals surface area contributed by atoms with E-state index < -0.39 is 23.8 Å². The van der Waals surface area contributed by atoms with Crippen molar-refractivity contribution in [3.8, 4) is 0 Å². The van der Waals surface area contributed by atoms with E-state index in [9.17, 15) is 14.7 Å². The van der Waals surface area contributed by atoms with Crippen molar-refractivity contribution in [2.24, 2.45) is 11.8 Å². The van der Waals surface area contributed by atoms with Gasteiger partial charge in [-0.3, -0.25) is 14.5 Å². The van der Waals surface area contributed by atoms with Crippen LogP contribution in [0.15, 0.2) is 0 Å². The molecule has 0 spiro atoms. The number of likely N-dealkylation sites (tertiary alicyclic amines) is 1. The molecular weight excluding hydrogens is 274 g/mol. The van der Waals surface area contributed by atoms with Crippen LogP contribution in [0.25, 0.3) is 0 Å². The molecule has 2 N–H and O–H groups in total. The van der Waals surface area contributed by atoms with Crippen molar-refractivity contribution in [3.63, 3.8) is 0 Å². The van der Waals surface area contributed by atoms with E-state index in [1.807, 2.05) is 0 Å². The SMILES string of the molecule is CN1CCN(CCN2CCC(C(=O)O)C(C(=O)O)C2)CC1. The Morgan fingerprint density at radius 3 is 2.05 bits per heavy atom. The zero-order valence-electron chi connectivity index (χ0n) is 12.6. The van der Waals surface area contributed by atoms with Gasteiger partial charge in [0.25, 0.3) is 0 Å². The smallest absolute Gasteiger partial charge is 0.308 e. The lowest BCUT2D eigenvalue weighted by atomic mass is 9.85. The normalized spacial score (nSPS) is 29.4. The van der Waals surface area contributed by atoms with Crippen molar-refractivity contribution in [2.75, 3.05) is 59.4 Å². The number of rotatable bonds is 5. The fraction of sp³-hybridized carbons (Fsp3) is 0.857. The van der Waals surface area contributed by atoms with E-state index in [2.05, 4.69) is 21.7 Å². The van der Waals surface area contributed by atoms with Crippen molar-refractivity contribution in [1.82, 2.24) is 14.7 Å². The second kappa shape index (κ2) is 7.20. The molecule has 0 aromatic heterocycles. The summed E-state index contributed by atoms with van der Waals surface area (Å²) in [6.07, 6.45) is 0.426. The molecule has 2 aliphatic rings. The second-order valence-corrected chi connectivity index (χ2v) is 6.12. The number of likely N-dealkylation sites (N-methyl/N-ethyl adjacent to an activating group) is 1. The molecule has 2 aliphatic heterocycles. The van der Waals surface area contributed by atoms with Crippen molar-refractivity contribution in [1.29, 1.82) is 0 Å². The summed E-state index contributed by atoms with van der Waals surface area (Å²) in [5.74, 6) is -3.51. The highest BCUT2D eigenvalue weighted by Gasteiger charge is 2.38. The molecule has 2 fully saturated rings. The van der Waals surface area contributed by atoms with Gasteiger partial charge in [0, 0.05) is 45.8 Å². The molecule has 2 rings (SSSR count). The number of piperazine rings is 1. The molecule has 0 aliphatic carbocycles. The monoisotopic (exact) mass is 299 g/mol. The molecule has 0 bridgehead atoms. The molecule has 0 radical (unpaired) electrons. The molecule has 2 heterocycles. The molecule has 0 saturated carbocycles. The highest BCUT2D eigenvalue weighted by molar-refractivity contribution is 5.80. The van der Waals surface area contributed by atoms with E-state index in [0.717, 1.165) is 39.3 Å². The largest absolute Gasteiger partial charge is 0.481 e. The Morgan fingerprint density at radius 2 is 1.48 bits per heavy atom. The van der Waals surface area contributed by atoms with E-state index in [1.54, 1.807) is 0 Å². The Balaban J connectivity index is 1.80. The molecule has 21 heavy (non-hydrogen) atoms. The van der Waals surface area contributed by atoms with Crippen LogP contribution in [0.5, 0.6) is 0 Å². The average Bonchev–Trinajstić information content (AvgIpc) is 2.46. The fourth-order valence-corrected chi connectivity index (χ4v) is 3.12. The minimum absolute atomic E-state index is 0.347. The van der Waals surface area contributed by atoms with Gasteiger partial charge in [0.05, 0.1) is 11.8 Å². The Kier molecular flexibility index (Phi) is 5.55. The topological polar surface area (TPSA) is 84.3 Å². The first kappa shape index (κ1) is 16.2. The third-order valence-electron chi connectivity index (χ3n) is 4.66. The van der Waals surface area contributed by atoms with Gasteiger partial charge in [-0.2, -0.15) is 0 Å². The maximum atomic E-state index is 11.3. The zero-order chi connectivity index (χ0) is 15.4. The summed E-state index contributed by atoms with van der Waals surface area (Å²) in [4.78, 5) is 29.2. The van der Waals surface area contributed by atoms with Gasteiger partial charge in [0.15, 0.2) is 0 Å². The number of aliphatic carboxylic acids is 2. The van der Waals surface area contributed by atoms with E-state index in [-0.39, 0.29) is 0 Å². The summed E-state index contributed by atoms with van der Waals surface area (Å²) in [5, 5.41) is 18.3. The van der Waals surface area contributed by atoms with Crippen LogP contribution in [-0.2, 0) is 9.59 Å². The van der Waals surface area contributed by atoms with Crippen molar-refractivity contribution >= 4 is 11.9 Å². The van der Waals surface area contributed by atoms with Gasteiger partial charge in [-0.05, 0) is 20.0 Å². The molecule has 0 amide bonds. The zero-order valence-corrected chi connectivity index (χ0v) is 12.6. The molecule has 2 unspecified atom stereocenters. The van der Waals surface area contributed by atoms with Crippen LogP contribution < -0.4 is 0 Å². The van der Waals surface area contributed by atoms with Crippen molar-refractivity contribution < 1.29 is 19.8 Å². The maximum absolute atomic E-state index is 11.3. The number of nitrogens with zero attached hydrogens (tertiary/aromatic N) is 3. The van der Waals surface area contributed by atoms with E-state index in [4.69, 9.17) is 5.11 Å². The van der Waals surface area contributed by atoms with E-state index >= 15 is 0 Å². The molecular formula is C14H25N3O4. The van der Waals surface area contributed by atoms with Crippen LogP contribution >= 0.6 is 0 Å². The van der Waals surface area contributed by atoms with Gasteiger partial charge < -0.3 is 20.0 Å². The summed E-state index contributed by atoms with van der Waals surface area (Å²) in [6, 6.07) is 0. The van der Waals surface area contributed by atoms with Crippen LogP contribution in [0.1, 0.15) is 6.42 Å². The standard InChI is InChI=1S/C14H25N3O4/c1-15-4-6-16(7-5-15)8-9-17-3-2-11(13(18)19)12(10-17)14(20)21/h11-12H,2-10H2,1H3,(H,18,19)(H,20,21). The van der Waals surface area contributed by atoms with Gasteiger partial charge in [-0.25, -0.2) is 0 Å². The van der Waals surface area contributed by atoms with Gasteiger partial charge >= 0.3 is 11.9 Å². The lowest BCUT2D eigenvalue weighted by Gasteiger charge is -2.37. The Morgan fingerprint density at radius 1 is 0.905 bits per heavy atom. The highest BCUT2D eigenvalue weighted by Crippen LogP contribution is 2.24. The number of hydrogen-bond acceptors (Lipinski definition) is 5. The van der Waals surface area contributed by atoms with Crippen LogP contribution in [0.4, 0.5) is 0 Å². The van der Waals surface area contributed by atoms with Gasteiger partial charge in [0.2, 0.25) is 0 Å². The molecule has 120 valence electrons. The van der Waals surface area contributed by atoms with Crippen molar-refractivity contribution in [3.05, 3.63) is 0 Å². The number of carboxylic acid groups (broad SMARTS) is 2. The Labute approximate surface area is 125 Å². The minimum Gasteiger partial charge on any atom is -0.481 e. The summed E-state index contributed by atoms with van der Waals surface area (Å²) in [5.41, 5.74) is 0. The third-order valence-corrected chi connectivity index (χ3v) is 4.66. The highest BCUT2D eigenvalue weighted by atomic mass is 16.4. The number of carboxylic acids is 2. The first-order valence-corrected chi connectivity index (χ1v) is 7.56. The van der Waals surface area contributed by atoms with Crippen LogP contribution in [0.2, 0.25) is 0 Å². The Hall–Kier alpha value is -1.18. The second-order valence-electron chi connectivity index (χ2n) is 6.12. The summed E-state index contributed by atoms with van der Waals surface area (Å²) >= 11 is 0. The molecule has 7 nitrogen and oxygen atoms in total. The summed E-state index contributed by atoms with van der Waals surface area (Å²) < 4.78 is 0. The first-order valence-electron chi connectivity index (χ1n) is 7.56. The quantitative estimate of drug-likeness (QED) is 0.697. The van der Waals surface area contributed by atoms with Gasteiger partial charge in [0.1, 0.15) is 0 Å². The summed E-state index contributed by atoms with van der Waals surface area (Å²) in [6.45, 7) is 7.00. The predicted molar refractivity (Wildman–Crippen MR) is 77.2 cm³/mol. The van der Waals surface area contributed by atoms with Gasteiger partial charge in [-0.1, -0.05) is 0 Å². The maximum Gasteiger partial charge on any atom is 0.308 e. The van der Waals surface area contributed by atoms with E-state index in [0.29, 0.717) is 19.5 Å². The van der Waals surface area contributed by atoms with Crippen LogP contribution in [0.3, 0.4) is 0 Å². The van der Waals surface area contributed by atoms with Crippen LogP contribution in [0, 0.1) is 11.8 Å². The molecule has 0 aromatic carbocycles. The molecule has 0 aromatic rings. The number of hydrogen-bond donors (Lipinski definition) is 2. The lowest BCUT2D eigenvalue weighted by Crippen LogP contribution is -2.50. The number of carbonyl (C=O) groups is 2.